The summed E-state index contributed by atoms with van der Waals surface area (Å²) >= 11 is 1.70. The molecule has 0 radical (unpaired) electrons. The number of hydrogen-bond donors (Lipinski definition) is 0. The van der Waals surface area contributed by atoms with Gasteiger partial charge in [-0.1, -0.05) is 38.1 Å². The van der Waals surface area contributed by atoms with Gasteiger partial charge in [-0.15, -0.1) is 11.3 Å². The molecule has 1 aromatic heterocycles. The molecular weight excluding hydrogens is 190 g/mol. The van der Waals surface area contributed by atoms with Crippen molar-refractivity contribution in [3.63, 3.8) is 0 Å². The van der Waals surface area contributed by atoms with Gasteiger partial charge < -0.3 is 0 Å². The quantitative estimate of drug-likeness (QED) is 0.720. The SMILES string of the molecule is CC(C)c1ccccc1-c1cncs1. The summed E-state index contributed by atoms with van der Waals surface area (Å²) in [5, 5.41) is 0. The molecular formula is C12H13NS. The summed E-state index contributed by atoms with van der Waals surface area (Å²) in [7, 11) is 0. The minimum atomic E-state index is 0.563. The summed E-state index contributed by atoms with van der Waals surface area (Å²) in [6, 6.07) is 8.55. The highest BCUT2D eigenvalue weighted by Gasteiger charge is 2.08. The van der Waals surface area contributed by atoms with E-state index in [9.17, 15) is 0 Å². The Bertz CT molecular complexity index is 404. The van der Waals surface area contributed by atoms with Crippen molar-refractivity contribution in [1.29, 1.82) is 0 Å². The van der Waals surface area contributed by atoms with Crippen LogP contribution < -0.4 is 0 Å². The molecule has 1 nitrogen and oxygen atoms in total. The smallest absolute Gasteiger partial charge is 0.0797 e. The minimum Gasteiger partial charge on any atom is -0.252 e. The highest BCUT2D eigenvalue weighted by atomic mass is 32.1. The molecule has 0 aliphatic heterocycles. The average molecular weight is 203 g/mol. The van der Waals surface area contributed by atoms with Gasteiger partial charge in [0.1, 0.15) is 0 Å². The van der Waals surface area contributed by atoms with E-state index in [1.54, 1.807) is 11.3 Å². The Hall–Kier alpha value is -1.15. The lowest BCUT2D eigenvalue weighted by Crippen LogP contribution is -1.90. The Morgan fingerprint density at radius 3 is 2.64 bits per heavy atom. The molecule has 0 bridgehead atoms. The molecule has 14 heavy (non-hydrogen) atoms. The normalized spacial score (nSPS) is 10.8. The first-order chi connectivity index (χ1) is 6.79. The van der Waals surface area contributed by atoms with Gasteiger partial charge in [-0.05, 0) is 17.0 Å². The Labute approximate surface area is 88.4 Å². The van der Waals surface area contributed by atoms with Gasteiger partial charge >= 0.3 is 0 Å². The van der Waals surface area contributed by atoms with Crippen LogP contribution in [0.5, 0.6) is 0 Å². The van der Waals surface area contributed by atoms with E-state index >= 15 is 0 Å². The summed E-state index contributed by atoms with van der Waals surface area (Å²) in [4.78, 5) is 5.38. The van der Waals surface area contributed by atoms with Crippen molar-refractivity contribution in [1.82, 2.24) is 4.98 Å². The lowest BCUT2D eigenvalue weighted by Gasteiger charge is -2.10. The maximum atomic E-state index is 4.12. The van der Waals surface area contributed by atoms with E-state index < -0.39 is 0 Å². The van der Waals surface area contributed by atoms with Crippen LogP contribution in [0.15, 0.2) is 36.0 Å². The number of nitrogens with zero attached hydrogens (tertiary/aromatic N) is 1. The fourth-order valence-electron chi connectivity index (χ4n) is 1.57. The molecule has 72 valence electrons. The van der Waals surface area contributed by atoms with E-state index in [1.165, 1.54) is 16.0 Å². The molecule has 0 saturated carbocycles. The maximum Gasteiger partial charge on any atom is 0.0797 e. The zero-order valence-corrected chi connectivity index (χ0v) is 9.21. The summed E-state index contributed by atoms with van der Waals surface area (Å²) in [6.07, 6.45) is 1.94. The molecule has 2 aromatic rings. The standard InChI is InChI=1S/C12H13NS/c1-9(2)10-5-3-4-6-11(10)12-7-13-8-14-12/h3-9H,1-2H3. The summed E-state index contributed by atoms with van der Waals surface area (Å²) in [5.41, 5.74) is 4.61. The number of hydrogen-bond acceptors (Lipinski definition) is 2. The van der Waals surface area contributed by atoms with Crippen LogP contribution in [0.4, 0.5) is 0 Å². The van der Waals surface area contributed by atoms with Crippen LogP contribution in [0.25, 0.3) is 10.4 Å². The zero-order valence-electron chi connectivity index (χ0n) is 8.40. The molecule has 2 heteroatoms. The molecule has 0 saturated heterocycles. The molecule has 0 atom stereocenters. The highest BCUT2D eigenvalue weighted by molar-refractivity contribution is 7.13. The van der Waals surface area contributed by atoms with Crippen LogP contribution in [-0.2, 0) is 0 Å². The fraction of sp³-hybridized carbons (Fsp3) is 0.250. The Balaban J connectivity index is 2.53. The van der Waals surface area contributed by atoms with E-state index in [-0.39, 0.29) is 0 Å². The Morgan fingerprint density at radius 1 is 1.21 bits per heavy atom. The van der Waals surface area contributed by atoms with Gasteiger partial charge in [-0.25, -0.2) is 0 Å². The third kappa shape index (κ3) is 1.70. The van der Waals surface area contributed by atoms with Crippen LogP contribution in [0.3, 0.4) is 0 Å². The molecule has 0 N–H and O–H groups in total. The topological polar surface area (TPSA) is 12.9 Å². The van der Waals surface area contributed by atoms with Crippen LogP contribution in [-0.4, -0.2) is 4.98 Å². The highest BCUT2D eigenvalue weighted by Crippen LogP contribution is 2.30. The molecule has 1 heterocycles. The van der Waals surface area contributed by atoms with Crippen molar-refractivity contribution >= 4 is 11.3 Å². The van der Waals surface area contributed by atoms with Gasteiger partial charge in [0.2, 0.25) is 0 Å². The zero-order chi connectivity index (χ0) is 9.97. The van der Waals surface area contributed by atoms with Gasteiger partial charge in [0, 0.05) is 6.20 Å². The molecule has 0 aliphatic carbocycles. The Kier molecular flexibility index (Phi) is 2.64. The monoisotopic (exact) mass is 203 g/mol. The lowest BCUT2D eigenvalue weighted by atomic mass is 9.97. The first-order valence-electron chi connectivity index (χ1n) is 4.77. The third-order valence-electron chi connectivity index (χ3n) is 2.28. The van der Waals surface area contributed by atoms with E-state index in [1.807, 2.05) is 11.7 Å². The van der Waals surface area contributed by atoms with Crippen LogP contribution in [0, 0.1) is 0 Å². The molecule has 1 aromatic carbocycles. The van der Waals surface area contributed by atoms with Gasteiger partial charge in [0.15, 0.2) is 0 Å². The van der Waals surface area contributed by atoms with Gasteiger partial charge in [0.25, 0.3) is 0 Å². The maximum absolute atomic E-state index is 4.12. The minimum absolute atomic E-state index is 0.563. The van der Waals surface area contributed by atoms with Crippen molar-refractivity contribution in [3.05, 3.63) is 41.5 Å². The van der Waals surface area contributed by atoms with Gasteiger partial charge in [-0.2, -0.15) is 0 Å². The van der Waals surface area contributed by atoms with E-state index in [4.69, 9.17) is 0 Å². The molecule has 0 amide bonds. The summed E-state index contributed by atoms with van der Waals surface area (Å²) < 4.78 is 0. The predicted molar refractivity (Wildman–Crippen MR) is 61.6 cm³/mol. The van der Waals surface area contributed by atoms with Gasteiger partial charge in [0.05, 0.1) is 10.4 Å². The molecule has 0 fully saturated rings. The molecule has 0 spiro atoms. The fourth-order valence-corrected chi connectivity index (χ4v) is 2.24. The lowest BCUT2D eigenvalue weighted by molar-refractivity contribution is 0.869. The second-order valence-electron chi connectivity index (χ2n) is 3.61. The largest absolute Gasteiger partial charge is 0.252 e. The van der Waals surface area contributed by atoms with Crippen LogP contribution >= 0.6 is 11.3 Å². The average Bonchev–Trinajstić information content (AvgIpc) is 2.70. The van der Waals surface area contributed by atoms with Crippen molar-refractivity contribution in [2.75, 3.05) is 0 Å². The van der Waals surface area contributed by atoms with E-state index in [2.05, 4.69) is 43.1 Å². The molecule has 2 rings (SSSR count). The van der Waals surface area contributed by atoms with Crippen molar-refractivity contribution in [2.45, 2.75) is 19.8 Å². The Morgan fingerprint density at radius 2 is 2.00 bits per heavy atom. The van der Waals surface area contributed by atoms with E-state index in [0.29, 0.717) is 5.92 Å². The first kappa shape index (κ1) is 9.41. The third-order valence-corrected chi connectivity index (χ3v) is 3.09. The van der Waals surface area contributed by atoms with Crippen molar-refractivity contribution < 1.29 is 0 Å². The first-order valence-corrected chi connectivity index (χ1v) is 5.65. The van der Waals surface area contributed by atoms with Crippen molar-refractivity contribution in [2.24, 2.45) is 0 Å². The van der Waals surface area contributed by atoms with Gasteiger partial charge in [-0.3, -0.25) is 4.98 Å². The molecule has 0 aliphatic rings. The number of thiazole rings is 1. The summed E-state index contributed by atoms with van der Waals surface area (Å²) in [6.45, 7) is 4.44. The van der Waals surface area contributed by atoms with Crippen molar-refractivity contribution in [3.8, 4) is 10.4 Å². The predicted octanol–water partition coefficient (Wildman–Crippen LogP) is 3.93. The molecule has 0 unspecified atom stereocenters. The van der Waals surface area contributed by atoms with Crippen LogP contribution in [0.2, 0.25) is 0 Å². The summed E-state index contributed by atoms with van der Waals surface area (Å²) in [5.74, 6) is 0.563. The second kappa shape index (κ2) is 3.93. The number of rotatable bonds is 2. The number of benzene rings is 1. The number of aromatic nitrogens is 1. The van der Waals surface area contributed by atoms with E-state index in [0.717, 1.165) is 0 Å². The van der Waals surface area contributed by atoms with Crippen LogP contribution in [0.1, 0.15) is 25.3 Å². The second-order valence-corrected chi connectivity index (χ2v) is 4.49.